The first-order valence-corrected chi connectivity index (χ1v) is 8.60. The van der Waals surface area contributed by atoms with Crippen molar-refractivity contribution in [1.82, 2.24) is 15.1 Å². The number of nitrogens with one attached hydrogen (secondary N) is 1. The molecule has 0 fully saturated rings. The largest absolute Gasteiger partial charge is 0.343 e. The molecule has 0 spiro atoms. The molecule has 1 N–H and O–H groups in total. The Balaban J connectivity index is 1.83. The number of carbonyl (C=O) groups excluding carboxylic acids is 2. The van der Waals surface area contributed by atoms with Gasteiger partial charge in [0.25, 0.3) is 11.7 Å². The highest BCUT2D eigenvalue weighted by molar-refractivity contribution is 6.43. The maximum Gasteiger partial charge on any atom is 0.293 e. The number of aryl methyl sites for hydroxylation is 1. The van der Waals surface area contributed by atoms with E-state index in [1.54, 1.807) is 37.6 Å². The molecule has 27 heavy (non-hydrogen) atoms. The Morgan fingerprint density at radius 1 is 1.07 bits per heavy atom. The Morgan fingerprint density at radius 3 is 2.44 bits per heavy atom. The Morgan fingerprint density at radius 2 is 1.78 bits per heavy atom. The van der Waals surface area contributed by atoms with Gasteiger partial charge in [-0.1, -0.05) is 30.3 Å². The fourth-order valence-electron chi connectivity index (χ4n) is 3.03. The van der Waals surface area contributed by atoms with Gasteiger partial charge in [-0.3, -0.25) is 9.59 Å². The number of aromatic nitrogens is 2. The number of Topliss-reactive ketones (excluding diaryl/α,β-unsaturated/α-hetero) is 1. The Kier molecular flexibility index (Phi) is 5.16. The number of hydrogen-bond acceptors (Lipinski definition) is 3. The Bertz CT molecular complexity index is 996. The molecule has 1 amide bonds. The van der Waals surface area contributed by atoms with Crippen molar-refractivity contribution in [3.8, 4) is 5.69 Å². The molecule has 0 aliphatic carbocycles. The third-order valence-corrected chi connectivity index (χ3v) is 4.42. The summed E-state index contributed by atoms with van der Waals surface area (Å²) < 4.78 is 15.0. The van der Waals surface area contributed by atoms with Crippen LogP contribution in [0.3, 0.4) is 0 Å². The second kappa shape index (κ2) is 7.53. The minimum absolute atomic E-state index is 0.280. The predicted molar refractivity (Wildman–Crippen MR) is 100 cm³/mol. The first-order chi connectivity index (χ1) is 12.9. The zero-order valence-corrected chi connectivity index (χ0v) is 15.4. The lowest BCUT2D eigenvalue weighted by Crippen LogP contribution is -2.33. The molecule has 0 saturated carbocycles. The molecule has 1 aromatic heterocycles. The van der Waals surface area contributed by atoms with E-state index in [2.05, 4.69) is 10.4 Å². The van der Waals surface area contributed by atoms with Gasteiger partial charge in [0.2, 0.25) is 0 Å². The summed E-state index contributed by atoms with van der Waals surface area (Å²) >= 11 is 0. The molecular formula is C21H20FN3O2. The number of halogens is 1. The van der Waals surface area contributed by atoms with Gasteiger partial charge in [-0.05, 0) is 50.6 Å². The lowest BCUT2D eigenvalue weighted by molar-refractivity contribution is -0.117. The van der Waals surface area contributed by atoms with Crippen LogP contribution >= 0.6 is 0 Å². The van der Waals surface area contributed by atoms with Crippen molar-refractivity contribution >= 4 is 11.7 Å². The molecule has 1 heterocycles. The van der Waals surface area contributed by atoms with Gasteiger partial charge in [-0.15, -0.1) is 0 Å². The van der Waals surface area contributed by atoms with Gasteiger partial charge in [-0.2, -0.15) is 5.10 Å². The molecule has 1 unspecified atom stereocenters. The summed E-state index contributed by atoms with van der Waals surface area (Å²) in [4.78, 5) is 25.2. The van der Waals surface area contributed by atoms with E-state index in [1.807, 2.05) is 30.3 Å². The van der Waals surface area contributed by atoms with Crippen LogP contribution in [0.4, 0.5) is 4.39 Å². The van der Waals surface area contributed by atoms with E-state index in [1.165, 1.54) is 12.1 Å². The molecule has 2 aromatic carbocycles. The van der Waals surface area contributed by atoms with Gasteiger partial charge < -0.3 is 5.32 Å². The number of rotatable bonds is 5. The smallest absolute Gasteiger partial charge is 0.293 e. The molecule has 0 aliphatic heterocycles. The van der Waals surface area contributed by atoms with E-state index < -0.39 is 23.5 Å². The number of para-hydroxylation sites is 1. The molecule has 0 radical (unpaired) electrons. The molecule has 1 atom stereocenters. The average molecular weight is 365 g/mol. The van der Waals surface area contributed by atoms with E-state index in [0.717, 1.165) is 5.69 Å². The quantitative estimate of drug-likeness (QED) is 0.554. The van der Waals surface area contributed by atoms with Gasteiger partial charge >= 0.3 is 0 Å². The van der Waals surface area contributed by atoms with E-state index in [-0.39, 0.29) is 5.56 Å². The zero-order chi connectivity index (χ0) is 19.6. The number of ketones is 1. The molecule has 138 valence electrons. The van der Waals surface area contributed by atoms with Gasteiger partial charge in [0, 0.05) is 0 Å². The molecule has 6 heteroatoms. The van der Waals surface area contributed by atoms with Crippen molar-refractivity contribution in [2.24, 2.45) is 0 Å². The van der Waals surface area contributed by atoms with E-state index in [9.17, 15) is 14.0 Å². The molecule has 0 aliphatic rings. The van der Waals surface area contributed by atoms with Crippen LogP contribution in [0.1, 0.15) is 40.3 Å². The summed E-state index contributed by atoms with van der Waals surface area (Å²) in [7, 11) is 0. The Labute approximate surface area is 156 Å². The number of amides is 1. The van der Waals surface area contributed by atoms with Crippen molar-refractivity contribution in [2.45, 2.75) is 26.8 Å². The summed E-state index contributed by atoms with van der Waals surface area (Å²) in [6.45, 7) is 5.15. The molecule has 5 nitrogen and oxygen atoms in total. The number of benzene rings is 2. The van der Waals surface area contributed by atoms with Crippen LogP contribution in [-0.4, -0.2) is 21.5 Å². The zero-order valence-electron chi connectivity index (χ0n) is 15.4. The van der Waals surface area contributed by atoms with Crippen molar-refractivity contribution in [2.75, 3.05) is 0 Å². The second-order valence-corrected chi connectivity index (χ2v) is 6.37. The average Bonchev–Trinajstić information content (AvgIpc) is 2.96. The number of carbonyl (C=O) groups is 2. The molecule has 3 aromatic rings. The first kappa shape index (κ1) is 18.5. The third-order valence-electron chi connectivity index (χ3n) is 4.42. The first-order valence-electron chi connectivity index (χ1n) is 8.60. The van der Waals surface area contributed by atoms with Gasteiger partial charge in [0.05, 0.1) is 28.7 Å². The highest BCUT2D eigenvalue weighted by atomic mass is 19.1. The summed E-state index contributed by atoms with van der Waals surface area (Å²) in [5.74, 6) is -1.79. The lowest BCUT2D eigenvalue weighted by atomic mass is 10.1. The number of hydrogen-bond donors (Lipinski definition) is 1. The van der Waals surface area contributed by atoms with Crippen LogP contribution in [0, 0.1) is 19.7 Å². The summed E-state index contributed by atoms with van der Waals surface area (Å²) in [5, 5.41) is 7.03. The van der Waals surface area contributed by atoms with E-state index in [0.29, 0.717) is 17.0 Å². The van der Waals surface area contributed by atoms with Crippen LogP contribution in [0.15, 0.2) is 54.6 Å². The molecule has 0 bridgehead atoms. The van der Waals surface area contributed by atoms with Gasteiger partial charge in [0.15, 0.2) is 0 Å². The Hall–Kier alpha value is -3.28. The normalized spacial score (nSPS) is 11.9. The second-order valence-electron chi connectivity index (χ2n) is 6.37. The lowest BCUT2D eigenvalue weighted by Gasteiger charge is -2.14. The monoisotopic (exact) mass is 365 g/mol. The highest BCUT2D eigenvalue weighted by Crippen LogP contribution is 2.19. The standard InChI is InChI=1S/C21H20FN3O2/c1-13(16-8-7-9-17(22)12-16)23-21(27)20(26)19-14(2)24-25(15(19)3)18-10-5-4-6-11-18/h4-13H,1-3H3,(H,23,27). The third kappa shape index (κ3) is 3.79. The van der Waals surface area contributed by atoms with Crippen LogP contribution < -0.4 is 5.32 Å². The van der Waals surface area contributed by atoms with Crippen molar-refractivity contribution < 1.29 is 14.0 Å². The molecule has 3 rings (SSSR count). The minimum atomic E-state index is -0.745. The highest BCUT2D eigenvalue weighted by Gasteiger charge is 2.26. The van der Waals surface area contributed by atoms with Crippen molar-refractivity contribution in [3.63, 3.8) is 0 Å². The van der Waals surface area contributed by atoms with E-state index >= 15 is 0 Å². The van der Waals surface area contributed by atoms with Crippen LogP contribution in [0.2, 0.25) is 0 Å². The predicted octanol–water partition coefficient (Wildman–Crippen LogP) is 3.69. The maximum absolute atomic E-state index is 13.4. The van der Waals surface area contributed by atoms with Crippen LogP contribution in [-0.2, 0) is 4.79 Å². The topological polar surface area (TPSA) is 64.0 Å². The molecule has 0 saturated heterocycles. The SMILES string of the molecule is Cc1nn(-c2ccccc2)c(C)c1C(=O)C(=O)NC(C)c1cccc(F)c1. The van der Waals surface area contributed by atoms with Crippen molar-refractivity contribution in [3.05, 3.63) is 82.9 Å². The van der Waals surface area contributed by atoms with Gasteiger partial charge in [-0.25, -0.2) is 9.07 Å². The fourth-order valence-corrected chi connectivity index (χ4v) is 3.03. The summed E-state index contributed by atoms with van der Waals surface area (Å²) in [6.07, 6.45) is 0. The van der Waals surface area contributed by atoms with E-state index in [4.69, 9.17) is 0 Å². The summed E-state index contributed by atoms with van der Waals surface area (Å²) in [6, 6.07) is 14.8. The van der Waals surface area contributed by atoms with Crippen LogP contribution in [0.25, 0.3) is 5.69 Å². The maximum atomic E-state index is 13.4. The van der Waals surface area contributed by atoms with Crippen LogP contribution in [0.5, 0.6) is 0 Å². The molecular weight excluding hydrogens is 345 g/mol. The minimum Gasteiger partial charge on any atom is -0.343 e. The van der Waals surface area contributed by atoms with Crippen molar-refractivity contribution in [1.29, 1.82) is 0 Å². The fraction of sp³-hybridized carbons (Fsp3) is 0.190. The van der Waals surface area contributed by atoms with Gasteiger partial charge in [0.1, 0.15) is 5.82 Å². The number of nitrogens with zero attached hydrogens (tertiary/aromatic N) is 2. The summed E-state index contributed by atoms with van der Waals surface area (Å²) in [5.41, 5.74) is 2.75.